The van der Waals surface area contributed by atoms with Crippen LogP contribution in [0, 0.1) is 0 Å². The Labute approximate surface area is 267 Å². The third kappa shape index (κ3) is 8.44. The molecule has 2 fully saturated rings. The fourth-order valence-corrected chi connectivity index (χ4v) is 5.12. The zero-order valence-corrected chi connectivity index (χ0v) is 25.9. The summed E-state index contributed by atoms with van der Waals surface area (Å²) in [5.74, 6) is -2.13. The normalized spacial score (nSPS) is 18.1. The molecule has 1 heterocycles. The van der Waals surface area contributed by atoms with E-state index in [0.29, 0.717) is 17.7 Å². The van der Waals surface area contributed by atoms with Crippen LogP contribution in [0.5, 0.6) is 0 Å². The number of hydrogen-bond donors (Lipinski definition) is 1. The molecule has 3 atom stereocenters. The fraction of sp³-hybridized carbons (Fsp3) is 0.382. The summed E-state index contributed by atoms with van der Waals surface area (Å²) >= 11 is 0. The van der Waals surface area contributed by atoms with E-state index in [2.05, 4.69) is 0 Å². The van der Waals surface area contributed by atoms with Gasteiger partial charge in [0.25, 0.3) is 0 Å². The van der Waals surface area contributed by atoms with Crippen molar-refractivity contribution in [3.63, 3.8) is 0 Å². The van der Waals surface area contributed by atoms with Crippen molar-refractivity contribution in [1.29, 1.82) is 0 Å². The number of benzene rings is 3. The Balaban J connectivity index is 0.00000157. The number of carbonyl (C=O) groups excluding carboxylic acids is 2. The molecule has 7 nitrogen and oxygen atoms in total. The lowest BCUT2D eigenvalue weighted by molar-refractivity contribution is -0.138. The van der Waals surface area contributed by atoms with Gasteiger partial charge in [-0.25, -0.2) is 14.5 Å². The first-order valence-corrected chi connectivity index (χ1v) is 15.0. The Morgan fingerprint density at radius 1 is 0.936 bits per heavy atom. The maximum Gasteiger partial charge on any atom is 0.417 e. The van der Waals surface area contributed by atoms with Gasteiger partial charge in [0.1, 0.15) is 6.10 Å². The van der Waals surface area contributed by atoms with E-state index >= 15 is 0 Å². The second kappa shape index (κ2) is 14.1. The number of imide groups is 1. The van der Waals surface area contributed by atoms with Crippen LogP contribution in [-0.2, 0) is 28.4 Å². The summed E-state index contributed by atoms with van der Waals surface area (Å²) in [5.41, 5.74) is -2.27. The predicted octanol–water partition coefficient (Wildman–Crippen LogP) is 9.27. The van der Waals surface area contributed by atoms with Gasteiger partial charge in [-0.05, 0) is 72.9 Å². The molecule has 5 rings (SSSR count). The van der Waals surface area contributed by atoms with E-state index in [0.717, 1.165) is 28.0 Å². The molecule has 252 valence electrons. The van der Waals surface area contributed by atoms with Crippen LogP contribution in [-0.4, -0.2) is 45.6 Å². The van der Waals surface area contributed by atoms with Gasteiger partial charge in [0.2, 0.25) is 5.91 Å². The van der Waals surface area contributed by atoms with Gasteiger partial charge in [-0.2, -0.15) is 26.3 Å². The average Bonchev–Trinajstić information content (AvgIpc) is 3.88. The molecule has 1 aliphatic carbocycles. The van der Waals surface area contributed by atoms with Crippen LogP contribution >= 0.6 is 0 Å². The summed E-state index contributed by atoms with van der Waals surface area (Å²) < 4.78 is 88.3. The van der Waals surface area contributed by atoms with Crippen LogP contribution in [0.4, 0.5) is 35.9 Å². The first-order chi connectivity index (χ1) is 22.0. The highest BCUT2D eigenvalue weighted by Gasteiger charge is 2.45. The van der Waals surface area contributed by atoms with Crippen LogP contribution in [0.2, 0.25) is 0 Å². The standard InChI is InChI=1S/C31H28F6N2O5.C3H6/c1-4-38(28(41)42)16-22-15-23(30(32,33)34)10-11-25(22)21-12-20(13-24(14-21)31(35,36)37)17(2)27(40)39-18(3)26(44-29(39)43)19-8-6-5-7-9-19;1-2-3-1/h5-15,17-18,26H,4,16H2,1-3H3,(H,41,42);1-3H2/t17-,18-,26-;/m1./s1. The Hall–Kier alpha value is -4.55. The van der Waals surface area contributed by atoms with E-state index in [9.17, 15) is 45.8 Å². The number of ether oxygens (including phenoxy) is 1. The van der Waals surface area contributed by atoms with Crippen molar-refractivity contribution in [1.82, 2.24) is 9.80 Å². The third-order valence-corrected chi connectivity index (χ3v) is 7.90. The van der Waals surface area contributed by atoms with Gasteiger partial charge in [-0.15, -0.1) is 0 Å². The van der Waals surface area contributed by atoms with Gasteiger partial charge in [0, 0.05) is 13.1 Å². The first kappa shape index (κ1) is 35.3. The number of carboxylic acid groups (broad SMARTS) is 1. The molecule has 0 spiro atoms. The van der Waals surface area contributed by atoms with Crippen molar-refractivity contribution < 1.29 is 50.6 Å². The molecule has 13 heteroatoms. The number of nitrogens with zero attached hydrogens (tertiary/aromatic N) is 2. The molecule has 3 aromatic carbocycles. The van der Waals surface area contributed by atoms with Crippen LogP contribution in [0.15, 0.2) is 66.7 Å². The molecule has 3 aromatic rings. The van der Waals surface area contributed by atoms with Gasteiger partial charge in [0.05, 0.1) is 23.1 Å². The fourth-order valence-electron chi connectivity index (χ4n) is 5.12. The topological polar surface area (TPSA) is 87.2 Å². The van der Waals surface area contributed by atoms with Crippen LogP contribution in [0.3, 0.4) is 0 Å². The smallest absolute Gasteiger partial charge is 0.417 e. The molecule has 3 amide bonds. The minimum atomic E-state index is -4.91. The average molecular weight is 665 g/mol. The van der Waals surface area contributed by atoms with Gasteiger partial charge in [0.15, 0.2) is 0 Å². The molecular weight excluding hydrogens is 630 g/mol. The Bertz CT molecular complexity index is 1600. The number of rotatable bonds is 7. The van der Waals surface area contributed by atoms with E-state index in [1.807, 2.05) is 0 Å². The lowest BCUT2D eigenvalue weighted by Crippen LogP contribution is -2.40. The molecule has 47 heavy (non-hydrogen) atoms. The zero-order chi connectivity index (χ0) is 34.7. The lowest BCUT2D eigenvalue weighted by atomic mass is 9.90. The van der Waals surface area contributed by atoms with E-state index in [-0.39, 0.29) is 28.8 Å². The first-order valence-electron chi connectivity index (χ1n) is 15.0. The minimum absolute atomic E-state index is 0.0807. The SMILES string of the molecule is C1CC1.CCN(Cc1cc(C(F)(F)F)ccc1-c1cc([C@@H](C)C(=O)N2C(=O)O[C@@H](c3ccccc3)[C@H]2C)cc(C(F)(F)F)c1)C(=O)O. The summed E-state index contributed by atoms with van der Waals surface area (Å²) in [7, 11) is 0. The van der Waals surface area contributed by atoms with Crippen molar-refractivity contribution in [2.45, 2.75) is 77.0 Å². The largest absolute Gasteiger partial charge is 0.465 e. The van der Waals surface area contributed by atoms with Crippen molar-refractivity contribution in [2.24, 2.45) is 0 Å². The van der Waals surface area contributed by atoms with Gasteiger partial charge in [-0.1, -0.05) is 61.7 Å². The molecular formula is C34H34F6N2O5. The Morgan fingerprint density at radius 2 is 1.55 bits per heavy atom. The summed E-state index contributed by atoms with van der Waals surface area (Å²) in [4.78, 5) is 39.6. The van der Waals surface area contributed by atoms with E-state index in [4.69, 9.17) is 4.74 Å². The summed E-state index contributed by atoms with van der Waals surface area (Å²) in [5, 5.41) is 9.47. The minimum Gasteiger partial charge on any atom is -0.465 e. The van der Waals surface area contributed by atoms with Crippen LogP contribution < -0.4 is 0 Å². The molecule has 0 aromatic heterocycles. The van der Waals surface area contributed by atoms with Crippen molar-refractivity contribution in [3.8, 4) is 11.1 Å². The third-order valence-electron chi connectivity index (χ3n) is 7.90. The highest BCUT2D eigenvalue weighted by molar-refractivity contribution is 5.97. The molecule has 0 unspecified atom stereocenters. The van der Waals surface area contributed by atoms with E-state index in [1.54, 1.807) is 37.3 Å². The molecule has 1 aliphatic heterocycles. The van der Waals surface area contributed by atoms with Crippen molar-refractivity contribution in [2.75, 3.05) is 6.54 Å². The van der Waals surface area contributed by atoms with Crippen LogP contribution in [0.1, 0.15) is 79.9 Å². The molecule has 1 saturated heterocycles. The second-order valence-electron chi connectivity index (χ2n) is 11.5. The maximum atomic E-state index is 14.1. The summed E-state index contributed by atoms with van der Waals surface area (Å²) in [6, 6.07) is 12.9. The Morgan fingerprint density at radius 3 is 2.09 bits per heavy atom. The summed E-state index contributed by atoms with van der Waals surface area (Å²) in [6.45, 7) is 3.71. The van der Waals surface area contributed by atoms with Crippen LogP contribution in [0.25, 0.3) is 11.1 Å². The number of hydrogen-bond acceptors (Lipinski definition) is 4. The molecule has 0 bridgehead atoms. The number of halogens is 6. The van der Waals surface area contributed by atoms with Gasteiger partial charge < -0.3 is 14.7 Å². The van der Waals surface area contributed by atoms with Gasteiger partial charge >= 0.3 is 24.5 Å². The highest BCUT2D eigenvalue weighted by atomic mass is 19.4. The monoisotopic (exact) mass is 664 g/mol. The molecule has 0 radical (unpaired) electrons. The predicted molar refractivity (Wildman–Crippen MR) is 160 cm³/mol. The zero-order valence-electron chi connectivity index (χ0n) is 25.9. The lowest BCUT2D eigenvalue weighted by Gasteiger charge is -2.24. The van der Waals surface area contributed by atoms with Crippen molar-refractivity contribution in [3.05, 3.63) is 94.5 Å². The number of carbonyl (C=O) groups is 3. The highest BCUT2D eigenvalue weighted by Crippen LogP contribution is 2.40. The van der Waals surface area contributed by atoms with Crippen molar-refractivity contribution >= 4 is 18.1 Å². The number of amides is 3. The quantitative estimate of drug-likeness (QED) is 0.255. The van der Waals surface area contributed by atoms with E-state index in [1.165, 1.54) is 39.2 Å². The maximum absolute atomic E-state index is 14.1. The molecule has 2 aliphatic rings. The molecule has 1 N–H and O–H groups in total. The summed E-state index contributed by atoms with van der Waals surface area (Å²) in [6.07, 6.45) is -8.41. The van der Waals surface area contributed by atoms with Gasteiger partial charge in [-0.3, -0.25) is 4.79 Å². The number of cyclic esters (lactones) is 1. The Kier molecular flexibility index (Phi) is 10.6. The molecule has 1 saturated carbocycles. The second-order valence-corrected chi connectivity index (χ2v) is 11.5. The van der Waals surface area contributed by atoms with E-state index < -0.39 is 66.2 Å². The number of alkyl halides is 6.